The van der Waals surface area contributed by atoms with Gasteiger partial charge in [-0.3, -0.25) is 0 Å². The molecule has 1 aromatic rings. The first kappa shape index (κ1) is 16.3. The molecule has 1 saturated heterocycles. The normalized spacial score (nSPS) is 19.4. The molecule has 0 aliphatic carbocycles. The summed E-state index contributed by atoms with van der Waals surface area (Å²) < 4.78 is 24.4. The van der Waals surface area contributed by atoms with Gasteiger partial charge in [0.05, 0.1) is 16.3 Å². The number of nitrogens with one attached hydrogen (secondary N) is 1. The first-order valence-corrected chi connectivity index (χ1v) is 9.36. The lowest BCUT2D eigenvalue weighted by Crippen LogP contribution is -2.37. The van der Waals surface area contributed by atoms with Crippen LogP contribution in [0.4, 0.5) is 5.69 Å². The number of anilines is 1. The van der Waals surface area contributed by atoms with Crippen molar-refractivity contribution in [2.45, 2.75) is 37.6 Å². The maximum Gasteiger partial charge on any atom is 0.180 e. The molecule has 1 heterocycles. The van der Waals surface area contributed by atoms with Crippen molar-refractivity contribution < 1.29 is 8.42 Å². The summed E-state index contributed by atoms with van der Waals surface area (Å²) in [6, 6.07) is 7.52. The van der Waals surface area contributed by atoms with Gasteiger partial charge in [-0.1, -0.05) is 19.1 Å². The maximum atomic E-state index is 12.2. The fourth-order valence-corrected chi connectivity index (χ4v) is 3.96. The SMILES string of the molecule is CCS(=O)(=O)c1ccccc1NC(C)C1CCN(C)CC1. The van der Waals surface area contributed by atoms with Crippen molar-refractivity contribution in [3.63, 3.8) is 0 Å². The second kappa shape index (κ2) is 6.79. The van der Waals surface area contributed by atoms with Crippen molar-refractivity contribution in [3.05, 3.63) is 24.3 Å². The van der Waals surface area contributed by atoms with E-state index in [1.54, 1.807) is 19.1 Å². The number of likely N-dealkylation sites (tertiary alicyclic amines) is 1. The Hall–Kier alpha value is -1.07. The molecule has 0 bridgehead atoms. The lowest BCUT2D eigenvalue weighted by Gasteiger charge is -2.33. The zero-order valence-corrected chi connectivity index (χ0v) is 14.0. The van der Waals surface area contributed by atoms with Gasteiger partial charge in [0, 0.05) is 6.04 Å². The Kier molecular flexibility index (Phi) is 5.27. The third kappa shape index (κ3) is 3.98. The minimum absolute atomic E-state index is 0.133. The molecule has 0 saturated carbocycles. The van der Waals surface area contributed by atoms with Gasteiger partial charge in [-0.25, -0.2) is 8.42 Å². The lowest BCUT2D eigenvalue weighted by molar-refractivity contribution is 0.208. The molecule has 4 nitrogen and oxygen atoms in total. The van der Waals surface area contributed by atoms with Gasteiger partial charge in [-0.15, -0.1) is 0 Å². The molecular formula is C16H26N2O2S. The number of hydrogen-bond acceptors (Lipinski definition) is 4. The summed E-state index contributed by atoms with van der Waals surface area (Å²) in [5.74, 6) is 0.729. The third-order valence-electron chi connectivity index (χ3n) is 4.46. The Balaban J connectivity index is 2.13. The Morgan fingerprint density at radius 2 is 1.90 bits per heavy atom. The summed E-state index contributed by atoms with van der Waals surface area (Å²) in [5, 5.41) is 3.44. The molecule has 0 amide bonds. The number of benzene rings is 1. The summed E-state index contributed by atoms with van der Waals surface area (Å²) >= 11 is 0. The Morgan fingerprint density at radius 3 is 2.52 bits per heavy atom. The molecule has 0 aromatic heterocycles. The fourth-order valence-electron chi connectivity index (χ4n) is 2.90. The third-order valence-corrected chi connectivity index (χ3v) is 6.24. The van der Waals surface area contributed by atoms with Crippen LogP contribution < -0.4 is 5.32 Å². The van der Waals surface area contributed by atoms with E-state index in [0.717, 1.165) is 31.6 Å². The summed E-state index contributed by atoms with van der Waals surface area (Å²) in [4.78, 5) is 2.77. The predicted molar refractivity (Wildman–Crippen MR) is 87.5 cm³/mol. The monoisotopic (exact) mass is 310 g/mol. The smallest absolute Gasteiger partial charge is 0.180 e. The molecule has 0 spiro atoms. The summed E-state index contributed by atoms with van der Waals surface area (Å²) in [7, 11) is -1.03. The van der Waals surface area contributed by atoms with Crippen molar-refractivity contribution in [1.29, 1.82) is 0 Å². The Labute approximate surface area is 128 Å². The molecule has 1 aliphatic rings. The van der Waals surface area contributed by atoms with Gasteiger partial charge < -0.3 is 10.2 Å². The van der Waals surface area contributed by atoms with Crippen molar-refractivity contribution in [3.8, 4) is 0 Å². The first-order chi connectivity index (χ1) is 9.94. The van der Waals surface area contributed by atoms with E-state index in [4.69, 9.17) is 0 Å². The van der Waals surface area contributed by atoms with E-state index in [2.05, 4.69) is 24.2 Å². The molecule has 1 atom stereocenters. The average Bonchev–Trinajstić information content (AvgIpc) is 2.48. The van der Waals surface area contributed by atoms with Crippen molar-refractivity contribution in [1.82, 2.24) is 4.90 Å². The van der Waals surface area contributed by atoms with Gasteiger partial charge in [-0.05, 0) is 58.0 Å². The number of piperidine rings is 1. The highest BCUT2D eigenvalue weighted by Gasteiger charge is 2.24. The topological polar surface area (TPSA) is 49.4 Å². The summed E-state index contributed by atoms with van der Waals surface area (Å²) in [6.07, 6.45) is 2.32. The molecule has 118 valence electrons. The minimum Gasteiger partial charge on any atom is -0.381 e. The highest BCUT2D eigenvalue weighted by Crippen LogP contribution is 2.27. The highest BCUT2D eigenvalue weighted by atomic mass is 32.2. The van der Waals surface area contributed by atoms with Gasteiger partial charge in [0.1, 0.15) is 0 Å². The van der Waals surface area contributed by atoms with E-state index in [-0.39, 0.29) is 11.8 Å². The van der Waals surface area contributed by atoms with Crippen LogP contribution in [0, 0.1) is 5.92 Å². The Morgan fingerprint density at radius 1 is 1.29 bits per heavy atom. The van der Waals surface area contributed by atoms with Gasteiger partial charge in [-0.2, -0.15) is 0 Å². The first-order valence-electron chi connectivity index (χ1n) is 7.71. The van der Waals surface area contributed by atoms with Crippen LogP contribution in [-0.4, -0.2) is 45.2 Å². The largest absolute Gasteiger partial charge is 0.381 e. The molecule has 0 radical (unpaired) electrons. The second-order valence-corrected chi connectivity index (χ2v) is 8.22. The van der Waals surface area contributed by atoms with E-state index < -0.39 is 9.84 Å². The number of nitrogens with zero attached hydrogens (tertiary/aromatic N) is 1. The molecule has 1 unspecified atom stereocenters. The molecule has 5 heteroatoms. The van der Waals surface area contributed by atoms with E-state index in [1.165, 1.54) is 0 Å². The quantitative estimate of drug-likeness (QED) is 0.908. The van der Waals surface area contributed by atoms with Crippen molar-refractivity contribution in [2.24, 2.45) is 5.92 Å². The van der Waals surface area contributed by atoms with E-state index in [9.17, 15) is 8.42 Å². The van der Waals surface area contributed by atoms with Crippen LogP contribution in [0.25, 0.3) is 0 Å². The van der Waals surface area contributed by atoms with Crippen LogP contribution in [0.15, 0.2) is 29.2 Å². The summed E-state index contributed by atoms with van der Waals surface area (Å²) in [6.45, 7) is 6.08. The molecule has 21 heavy (non-hydrogen) atoms. The average molecular weight is 310 g/mol. The van der Waals surface area contributed by atoms with Crippen molar-refractivity contribution >= 4 is 15.5 Å². The number of sulfone groups is 1. The van der Waals surface area contributed by atoms with Crippen LogP contribution in [0.2, 0.25) is 0 Å². The van der Waals surface area contributed by atoms with Crippen molar-refractivity contribution in [2.75, 3.05) is 31.2 Å². The van der Waals surface area contributed by atoms with Crippen LogP contribution in [0.3, 0.4) is 0 Å². The number of para-hydroxylation sites is 1. The maximum absolute atomic E-state index is 12.2. The predicted octanol–water partition coefficient (Wildman–Crippen LogP) is 2.62. The van der Waals surface area contributed by atoms with Gasteiger partial charge in [0.15, 0.2) is 9.84 Å². The Bertz CT molecular complexity index is 563. The molecule has 1 aliphatic heterocycles. The second-order valence-electron chi connectivity index (χ2n) is 5.97. The molecule has 1 aromatic carbocycles. The van der Waals surface area contributed by atoms with Crippen LogP contribution >= 0.6 is 0 Å². The van der Waals surface area contributed by atoms with Gasteiger partial charge >= 0.3 is 0 Å². The fraction of sp³-hybridized carbons (Fsp3) is 0.625. The summed E-state index contributed by atoms with van der Waals surface area (Å²) in [5.41, 5.74) is 0.741. The molecular weight excluding hydrogens is 284 g/mol. The van der Waals surface area contributed by atoms with E-state index in [1.807, 2.05) is 12.1 Å². The van der Waals surface area contributed by atoms with E-state index >= 15 is 0 Å². The van der Waals surface area contributed by atoms with Crippen LogP contribution in [0.1, 0.15) is 26.7 Å². The molecule has 1 N–H and O–H groups in total. The number of rotatable bonds is 5. The minimum atomic E-state index is -3.18. The highest BCUT2D eigenvalue weighted by molar-refractivity contribution is 7.91. The molecule has 2 rings (SSSR count). The van der Waals surface area contributed by atoms with Gasteiger partial charge in [0.25, 0.3) is 0 Å². The molecule has 1 fully saturated rings. The van der Waals surface area contributed by atoms with Gasteiger partial charge in [0.2, 0.25) is 0 Å². The number of hydrogen-bond donors (Lipinski definition) is 1. The van der Waals surface area contributed by atoms with Crippen LogP contribution in [0.5, 0.6) is 0 Å². The lowest BCUT2D eigenvalue weighted by atomic mass is 9.90. The zero-order chi connectivity index (χ0) is 15.5. The van der Waals surface area contributed by atoms with E-state index in [0.29, 0.717) is 10.8 Å². The zero-order valence-electron chi connectivity index (χ0n) is 13.2. The van der Waals surface area contributed by atoms with Crippen LogP contribution in [-0.2, 0) is 9.84 Å². The standard InChI is InChI=1S/C16H26N2O2S/c1-4-21(19,20)16-8-6-5-7-15(16)17-13(2)14-9-11-18(3)12-10-14/h5-8,13-14,17H,4,9-12H2,1-3H3.